The van der Waals surface area contributed by atoms with Crippen molar-refractivity contribution < 1.29 is 4.39 Å². The Morgan fingerprint density at radius 3 is 2.68 bits per heavy atom. The van der Waals surface area contributed by atoms with E-state index < -0.39 is 0 Å². The Bertz CT molecular complexity index is 513. The van der Waals surface area contributed by atoms with Gasteiger partial charge in [0.15, 0.2) is 0 Å². The lowest BCUT2D eigenvalue weighted by Crippen LogP contribution is -2.38. The van der Waals surface area contributed by atoms with Crippen molar-refractivity contribution in [1.29, 1.82) is 0 Å². The number of benzene rings is 1. The maximum absolute atomic E-state index is 13.7. The number of nitrogens with one attached hydrogen (secondary N) is 1. The van der Waals surface area contributed by atoms with Gasteiger partial charge >= 0.3 is 0 Å². The molecule has 19 heavy (non-hydrogen) atoms. The minimum atomic E-state index is -0.311. The van der Waals surface area contributed by atoms with Crippen LogP contribution < -0.4 is 11.3 Å². The first-order chi connectivity index (χ1) is 9.20. The van der Waals surface area contributed by atoms with E-state index >= 15 is 0 Å². The van der Waals surface area contributed by atoms with Crippen molar-refractivity contribution >= 4 is 11.6 Å². The Morgan fingerprint density at radius 2 is 2.05 bits per heavy atom. The van der Waals surface area contributed by atoms with Crippen molar-refractivity contribution in [2.24, 2.45) is 5.84 Å². The van der Waals surface area contributed by atoms with E-state index in [-0.39, 0.29) is 11.9 Å². The van der Waals surface area contributed by atoms with E-state index in [1.54, 1.807) is 18.3 Å². The molecule has 0 aliphatic carbocycles. The highest BCUT2D eigenvalue weighted by Gasteiger charge is 2.14. The van der Waals surface area contributed by atoms with Gasteiger partial charge in [-0.3, -0.25) is 16.3 Å². The summed E-state index contributed by atoms with van der Waals surface area (Å²) in [6, 6.07) is 10.2. The van der Waals surface area contributed by atoms with Gasteiger partial charge in [-0.25, -0.2) is 4.39 Å². The summed E-state index contributed by atoms with van der Waals surface area (Å²) in [5, 5.41) is 0.418. The Labute approximate surface area is 116 Å². The van der Waals surface area contributed by atoms with Crippen molar-refractivity contribution in [2.45, 2.75) is 18.9 Å². The summed E-state index contributed by atoms with van der Waals surface area (Å²) < 4.78 is 13.7. The standard InChI is InChI=1S/C14H15ClFN3/c15-13-5-3-6-14(16)12(13)9-11(19-17)8-10-4-1-2-7-18-10/h1-7,11,19H,8-9,17H2. The molecule has 3 nitrogen and oxygen atoms in total. The molecule has 3 N–H and O–H groups in total. The third kappa shape index (κ3) is 3.73. The fourth-order valence-corrected chi connectivity index (χ4v) is 2.18. The van der Waals surface area contributed by atoms with Crippen molar-refractivity contribution in [3.8, 4) is 0 Å². The first kappa shape index (κ1) is 13.9. The number of pyridine rings is 1. The summed E-state index contributed by atoms with van der Waals surface area (Å²) in [4.78, 5) is 4.23. The molecule has 0 radical (unpaired) electrons. The van der Waals surface area contributed by atoms with E-state index in [1.807, 2.05) is 18.2 Å². The Balaban J connectivity index is 2.11. The average molecular weight is 280 g/mol. The second kappa shape index (κ2) is 6.61. The maximum atomic E-state index is 13.7. The van der Waals surface area contributed by atoms with Gasteiger partial charge in [-0.2, -0.15) is 0 Å². The number of nitrogens with two attached hydrogens (primary N) is 1. The molecule has 1 unspecified atom stereocenters. The monoisotopic (exact) mass is 279 g/mol. The van der Waals surface area contributed by atoms with Gasteiger partial charge in [0.2, 0.25) is 0 Å². The summed E-state index contributed by atoms with van der Waals surface area (Å²) in [7, 11) is 0. The van der Waals surface area contributed by atoms with Gasteiger partial charge in [0, 0.05) is 34.9 Å². The molecular weight excluding hydrogens is 265 g/mol. The molecule has 0 amide bonds. The molecule has 2 aromatic rings. The topological polar surface area (TPSA) is 50.9 Å². The molecular formula is C14H15ClFN3. The van der Waals surface area contributed by atoms with Crippen LogP contribution in [0.1, 0.15) is 11.3 Å². The van der Waals surface area contributed by atoms with E-state index in [2.05, 4.69) is 10.4 Å². The number of nitrogens with zero attached hydrogens (tertiary/aromatic N) is 1. The molecule has 0 aliphatic rings. The van der Waals surface area contributed by atoms with E-state index in [1.165, 1.54) is 6.07 Å². The highest BCUT2D eigenvalue weighted by Crippen LogP contribution is 2.21. The molecule has 0 bridgehead atoms. The van der Waals surface area contributed by atoms with Crippen molar-refractivity contribution in [1.82, 2.24) is 10.4 Å². The largest absolute Gasteiger partial charge is 0.271 e. The number of hydrogen-bond donors (Lipinski definition) is 2. The lowest BCUT2D eigenvalue weighted by molar-refractivity contribution is 0.502. The van der Waals surface area contributed by atoms with Crippen LogP contribution in [-0.4, -0.2) is 11.0 Å². The van der Waals surface area contributed by atoms with Crippen LogP contribution in [0, 0.1) is 5.82 Å². The summed E-state index contributed by atoms with van der Waals surface area (Å²) >= 11 is 6.01. The molecule has 1 atom stereocenters. The van der Waals surface area contributed by atoms with Crippen LogP contribution in [0.5, 0.6) is 0 Å². The second-order valence-electron chi connectivity index (χ2n) is 4.29. The molecule has 5 heteroatoms. The van der Waals surface area contributed by atoms with Crippen LogP contribution >= 0.6 is 11.6 Å². The summed E-state index contributed by atoms with van der Waals surface area (Å²) in [6.45, 7) is 0. The van der Waals surface area contributed by atoms with Gasteiger partial charge < -0.3 is 0 Å². The number of aromatic nitrogens is 1. The van der Waals surface area contributed by atoms with Crippen molar-refractivity contribution in [2.75, 3.05) is 0 Å². The molecule has 0 saturated heterocycles. The number of hydrogen-bond acceptors (Lipinski definition) is 3. The third-order valence-electron chi connectivity index (χ3n) is 2.93. The average Bonchev–Trinajstić information content (AvgIpc) is 2.43. The van der Waals surface area contributed by atoms with Crippen molar-refractivity contribution in [3.63, 3.8) is 0 Å². The molecule has 0 aliphatic heterocycles. The van der Waals surface area contributed by atoms with E-state index in [0.29, 0.717) is 23.4 Å². The van der Waals surface area contributed by atoms with E-state index in [9.17, 15) is 4.39 Å². The molecule has 0 fully saturated rings. The normalized spacial score (nSPS) is 12.4. The van der Waals surface area contributed by atoms with Crippen molar-refractivity contribution in [3.05, 3.63) is 64.7 Å². The lowest BCUT2D eigenvalue weighted by atomic mass is 10.0. The maximum Gasteiger partial charge on any atom is 0.127 e. The first-order valence-corrected chi connectivity index (χ1v) is 6.37. The first-order valence-electron chi connectivity index (χ1n) is 5.99. The highest BCUT2D eigenvalue weighted by molar-refractivity contribution is 6.31. The zero-order valence-electron chi connectivity index (χ0n) is 10.3. The van der Waals surface area contributed by atoms with Crippen LogP contribution in [0.3, 0.4) is 0 Å². The fraction of sp³-hybridized carbons (Fsp3) is 0.214. The minimum absolute atomic E-state index is 0.121. The van der Waals surface area contributed by atoms with Crippen LogP contribution in [0.4, 0.5) is 4.39 Å². The predicted molar refractivity (Wildman–Crippen MR) is 74.2 cm³/mol. The van der Waals surface area contributed by atoms with Gasteiger partial charge in [0.05, 0.1) is 0 Å². The zero-order valence-corrected chi connectivity index (χ0v) is 11.1. The summed E-state index contributed by atoms with van der Waals surface area (Å²) in [5.74, 6) is 5.21. The smallest absolute Gasteiger partial charge is 0.127 e. The molecule has 100 valence electrons. The summed E-state index contributed by atoms with van der Waals surface area (Å²) in [6.07, 6.45) is 2.75. The molecule has 1 heterocycles. The Hall–Kier alpha value is -1.49. The lowest BCUT2D eigenvalue weighted by Gasteiger charge is -2.16. The summed E-state index contributed by atoms with van der Waals surface area (Å²) in [5.41, 5.74) is 4.06. The van der Waals surface area contributed by atoms with Crippen LogP contribution in [0.2, 0.25) is 5.02 Å². The third-order valence-corrected chi connectivity index (χ3v) is 3.28. The Morgan fingerprint density at radius 1 is 1.21 bits per heavy atom. The predicted octanol–water partition coefficient (Wildman–Crippen LogP) is 2.49. The Kier molecular flexibility index (Phi) is 4.85. The van der Waals surface area contributed by atoms with Gasteiger partial charge in [-0.15, -0.1) is 0 Å². The number of halogens is 2. The quantitative estimate of drug-likeness (QED) is 0.653. The zero-order chi connectivity index (χ0) is 13.7. The molecule has 1 aromatic heterocycles. The molecule has 0 saturated carbocycles. The molecule has 1 aromatic carbocycles. The van der Waals surface area contributed by atoms with E-state index in [4.69, 9.17) is 17.4 Å². The van der Waals surface area contributed by atoms with E-state index in [0.717, 1.165) is 5.69 Å². The number of rotatable bonds is 5. The van der Waals surface area contributed by atoms with Crippen LogP contribution in [-0.2, 0) is 12.8 Å². The number of hydrazine groups is 1. The van der Waals surface area contributed by atoms with Gasteiger partial charge in [-0.1, -0.05) is 23.7 Å². The SMILES string of the molecule is NNC(Cc1ccccn1)Cc1c(F)cccc1Cl. The minimum Gasteiger partial charge on any atom is -0.271 e. The second-order valence-corrected chi connectivity index (χ2v) is 4.70. The molecule has 2 rings (SSSR count). The van der Waals surface area contributed by atoms with Gasteiger partial charge in [-0.05, 0) is 30.7 Å². The van der Waals surface area contributed by atoms with Gasteiger partial charge in [0.1, 0.15) is 5.82 Å². The fourth-order valence-electron chi connectivity index (χ4n) is 1.94. The molecule has 0 spiro atoms. The highest BCUT2D eigenvalue weighted by atomic mass is 35.5. The van der Waals surface area contributed by atoms with Crippen LogP contribution in [0.25, 0.3) is 0 Å². The van der Waals surface area contributed by atoms with Crippen LogP contribution in [0.15, 0.2) is 42.6 Å². The van der Waals surface area contributed by atoms with Gasteiger partial charge in [0.25, 0.3) is 0 Å².